The van der Waals surface area contributed by atoms with Crippen molar-refractivity contribution in [3.63, 3.8) is 0 Å². The lowest BCUT2D eigenvalue weighted by atomic mass is 10.2. The van der Waals surface area contributed by atoms with Crippen LogP contribution in [-0.2, 0) is 0 Å². The number of hydrogen-bond acceptors (Lipinski definition) is 4. The first-order valence-corrected chi connectivity index (χ1v) is 8.02. The molecular formula is C16H10BrNO2S. The fraction of sp³-hybridized carbons (Fsp3) is 0.0625. The van der Waals surface area contributed by atoms with E-state index in [0.29, 0.717) is 0 Å². The Morgan fingerprint density at radius 2 is 2.05 bits per heavy atom. The van der Waals surface area contributed by atoms with Crippen molar-refractivity contribution >= 4 is 38.5 Å². The molecule has 0 N–H and O–H groups in total. The van der Waals surface area contributed by atoms with Gasteiger partial charge in [0.25, 0.3) is 0 Å². The van der Waals surface area contributed by atoms with Gasteiger partial charge in [0, 0.05) is 27.1 Å². The van der Waals surface area contributed by atoms with Gasteiger partial charge >= 0.3 is 0 Å². The van der Waals surface area contributed by atoms with Crippen LogP contribution in [0.1, 0.15) is 0 Å². The van der Waals surface area contributed by atoms with Gasteiger partial charge in [-0.25, -0.2) is 0 Å². The zero-order valence-corrected chi connectivity index (χ0v) is 13.3. The molecule has 0 amide bonds. The van der Waals surface area contributed by atoms with Crippen molar-refractivity contribution < 1.29 is 9.47 Å². The molecule has 4 rings (SSSR count). The zero-order valence-electron chi connectivity index (χ0n) is 10.9. The molecule has 104 valence electrons. The first-order valence-electron chi connectivity index (χ1n) is 6.41. The highest BCUT2D eigenvalue weighted by molar-refractivity contribution is 9.10. The van der Waals surface area contributed by atoms with Crippen molar-refractivity contribution in [2.24, 2.45) is 0 Å². The Morgan fingerprint density at radius 1 is 1.10 bits per heavy atom. The first kappa shape index (κ1) is 13.0. The van der Waals surface area contributed by atoms with Crippen molar-refractivity contribution in [2.45, 2.75) is 9.79 Å². The average molecular weight is 360 g/mol. The van der Waals surface area contributed by atoms with Crippen molar-refractivity contribution in [3.05, 3.63) is 53.3 Å². The van der Waals surface area contributed by atoms with E-state index in [9.17, 15) is 0 Å². The third-order valence-electron chi connectivity index (χ3n) is 3.30. The van der Waals surface area contributed by atoms with E-state index in [1.165, 1.54) is 10.3 Å². The maximum absolute atomic E-state index is 5.61. The number of ether oxygens (including phenoxy) is 2. The normalized spacial score (nSPS) is 12.8. The van der Waals surface area contributed by atoms with Crippen LogP contribution in [0.2, 0.25) is 0 Å². The molecule has 0 spiro atoms. The largest absolute Gasteiger partial charge is 0.454 e. The van der Waals surface area contributed by atoms with Gasteiger partial charge in [-0.2, -0.15) is 0 Å². The van der Waals surface area contributed by atoms with E-state index in [0.717, 1.165) is 26.3 Å². The summed E-state index contributed by atoms with van der Waals surface area (Å²) in [5.41, 5.74) is 0. The Morgan fingerprint density at radius 3 is 3.00 bits per heavy atom. The molecule has 21 heavy (non-hydrogen) atoms. The minimum atomic E-state index is 0.277. The zero-order chi connectivity index (χ0) is 14.2. The second kappa shape index (κ2) is 5.24. The molecule has 2 aromatic carbocycles. The summed E-state index contributed by atoms with van der Waals surface area (Å²) in [5.74, 6) is 1.60. The molecule has 3 aromatic rings. The van der Waals surface area contributed by atoms with Gasteiger partial charge in [-0.05, 0) is 45.6 Å². The van der Waals surface area contributed by atoms with Gasteiger partial charge < -0.3 is 9.47 Å². The summed E-state index contributed by atoms with van der Waals surface area (Å²) in [6, 6.07) is 12.2. The number of hydrogen-bond donors (Lipinski definition) is 0. The van der Waals surface area contributed by atoms with Gasteiger partial charge in [0.2, 0.25) is 6.79 Å². The molecule has 0 bridgehead atoms. The summed E-state index contributed by atoms with van der Waals surface area (Å²) in [5, 5.41) is 2.31. The molecule has 0 atom stereocenters. The van der Waals surface area contributed by atoms with E-state index in [2.05, 4.69) is 33.0 Å². The third kappa shape index (κ3) is 2.26. The Balaban J connectivity index is 1.84. The lowest BCUT2D eigenvalue weighted by molar-refractivity contribution is 0.172. The average Bonchev–Trinajstić information content (AvgIpc) is 2.99. The van der Waals surface area contributed by atoms with Crippen LogP contribution >= 0.6 is 27.7 Å². The van der Waals surface area contributed by atoms with Gasteiger partial charge in [0.05, 0.1) is 4.90 Å². The van der Waals surface area contributed by atoms with Gasteiger partial charge in [-0.3, -0.25) is 4.98 Å². The summed E-state index contributed by atoms with van der Waals surface area (Å²) in [7, 11) is 0. The second-order valence-electron chi connectivity index (χ2n) is 4.57. The van der Waals surface area contributed by atoms with Crippen molar-refractivity contribution in [1.29, 1.82) is 0 Å². The molecule has 0 unspecified atom stereocenters. The number of aromatic nitrogens is 1. The van der Waals surface area contributed by atoms with E-state index in [-0.39, 0.29) is 6.79 Å². The number of halogens is 1. The second-order valence-corrected chi connectivity index (χ2v) is 6.47. The van der Waals surface area contributed by atoms with Crippen LogP contribution in [0.15, 0.2) is 63.1 Å². The molecule has 0 fully saturated rings. The number of pyridine rings is 1. The van der Waals surface area contributed by atoms with Gasteiger partial charge in [-0.15, -0.1) is 0 Å². The fourth-order valence-corrected chi connectivity index (χ4v) is 3.94. The highest BCUT2D eigenvalue weighted by Gasteiger charge is 2.21. The van der Waals surface area contributed by atoms with Crippen LogP contribution in [0.3, 0.4) is 0 Å². The maximum Gasteiger partial charge on any atom is 0.231 e. The highest BCUT2D eigenvalue weighted by Crippen LogP contribution is 2.48. The summed E-state index contributed by atoms with van der Waals surface area (Å²) in [6.07, 6.45) is 3.69. The molecule has 5 heteroatoms. The van der Waals surface area contributed by atoms with Crippen molar-refractivity contribution in [2.75, 3.05) is 6.79 Å². The van der Waals surface area contributed by atoms with E-state index < -0.39 is 0 Å². The van der Waals surface area contributed by atoms with E-state index in [1.807, 2.05) is 36.7 Å². The molecule has 0 aliphatic carbocycles. The lowest BCUT2D eigenvalue weighted by Crippen LogP contribution is -1.93. The van der Waals surface area contributed by atoms with Crippen LogP contribution in [0.25, 0.3) is 10.8 Å². The molecule has 3 nitrogen and oxygen atoms in total. The van der Waals surface area contributed by atoms with Crippen molar-refractivity contribution in [1.82, 2.24) is 4.98 Å². The molecule has 0 saturated carbocycles. The molecule has 0 radical (unpaired) electrons. The molecule has 1 aliphatic rings. The van der Waals surface area contributed by atoms with Crippen LogP contribution in [0, 0.1) is 0 Å². The van der Waals surface area contributed by atoms with Crippen LogP contribution < -0.4 is 9.47 Å². The SMILES string of the molecule is Brc1ccc2c(c1Sc1cccc3cnccc13)OCO2. The third-order valence-corrected chi connectivity index (χ3v) is 5.41. The summed E-state index contributed by atoms with van der Waals surface area (Å²) >= 11 is 5.27. The Hall–Kier alpha value is -1.72. The topological polar surface area (TPSA) is 31.4 Å². The molecule has 0 saturated heterocycles. The summed E-state index contributed by atoms with van der Waals surface area (Å²) in [4.78, 5) is 6.38. The predicted molar refractivity (Wildman–Crippen MR) is 86.1 cm³/mol. The fourth-order valence-electron chi connectivity index (χ4n) is 2.31. The van der Waals surface area contributed by atoms with E-state index in [4.69, 9.17) is 9.47 Å². The number of rotatable bonds is 2. The molecule has 1 aliphatic heterocycles. The Labute approximate surface area is 134 Å². The Kier molecular flexibility index (Phi) is 3.24. The molecular weight excluding hydrogens is 350 g/mol. The van der Waals surface area contributed by atoms with Crippen molar-refractivity contribution in [3.8, 4) is 11.5 Å². The standard InChI is InChI=1S/C16H10BrNO2S/c17-12-4-5-13-15(20-9-19-13)16(12)21-14-3-1-2-10-8-18-7-6-11(10)14/h1-8H,9H2. The van der Waals surface area contributed by atoms with Crippen LogP contribution in [0.4, 0.5) is 0 Å². The van der Waals surface area contributed by atoms with Gasteiger partial charge in [-0.1, -0.05) is 23.9 Å². The van der Waals surface area contributed by atoms with Crippen LogP contribution in [0.5, 0.6) is 11.5 Å². The monoisotopic (exact) mass is 359 g/mol. The van der Waals surface area contributed by atoms with Crippen LogP contribution in [-0.4, -0.2) is 11.8 Å². The molecule has 1 aromatic heterocycles. The van der Waals surface area contributed by atoms with Gasteiger partial charge in [0.1, 0.15) is 0 Å². The summed E-state index contributed by atoms with van der Waals surface area (Å²) in [6.45, 7) is 0.277. The van der Waals surface area contributed by atoms with E-state index >= 15 is 0 Å². The minimum Gasteiger partial charge on any atom is -0.454 e. The smallest absolute Gasteiger partial charge is 0.231 e. The molecule has 2 heterocycles. The first-order chi connectivity index (χ1) is 10.3. The number of fused-ring (bicyclic) bond motifs is 2. The summed E-state index contributed by atoms with van der Waals surface area (Å²) < 4.78 is 12.1. The van der Waals surface area contributed by atoms with E-state index in [1.54, 1.807) is 11.8 Å². The van der Waals surface area contributed by atoms with Gasteiger partial charge in [0.15, 0.2) is 11.5 Å². The predicted octanol–water partition coefficient (Wildman–Crippen LogP) is 4.88. The number of benzene rings is 2. The minimum absolute atomic E-state index is 0.277. The quantitative estimate of drug-likeness (QED) is 0.652. The Bertz CT molecular complexity index is 832. The number of nitrogens with zero attached hydrogens (tertiary/aromatic N) is 1. The maximum atomic E-state index is 5.61. The highest BCUT2D eigenvalue weighted by atomic mass is 79.9. The lowest BCUT2D eigenvalue weighted by Gasteiger charge is -2.10.